The fourth-order valence-corrected chi connectivity index (χ4v) is 2.29. The molecule has 0 amide bonds. The molecule has 0 saturated carbocycles. The monoisotopic (exact) mass is 247 g/mol. The van der Waals surface area contributed by atoms with E-state index < -0.39 is 15.7 Å². The van der Waals surface area contributed by atoms with Crippen LogP contribution in [0.25, 0.3) is 0 Å². The molecule has 0 saturated heterocycles. The Morgan fingerprint density at radius 2 is 2.12 bits per heavy atom. The highest BCUT2D eigenvalue weighted by Gasteiger charge is 2.24. The third-order valence-electron chi connectivity index (χ3n) is 1.68. The molecule has 0 spiro atoms. The first-order valence-electron chi connectivity index (χ1n) is 4.80. The van der Waals surface area contributed by atoms with Crippen molar-refractivity contribution in [2.45, 2.75) is 32.9 Å². The van der Waals surface area contributed by atoms with Crippen LogP contribution in [0, 0.1) is 0 Å². The first-order chi connectivity index (χ1) is 7.21. The molecule has 1 heterocycles. The molecule has 1 aromatic heterocycles. The number of aromatic amines is 1. The number of H-pyrrole nitrogens is 1. The van der Waals surface area contributed by atoms with Gasteiger partial charge in [-0.15, -0.1) is 0 Å². The summed E-state index contributed by atoms with van der Waals surface area (Å²) in [5.41, 5.74) is -0.505. The topological polar surface area (TPSA) is 91.0 Å². The molecule has 8 heteroatoms. The maximum absolute atomic E-state index is 11.8. The molecule has 0 bridgehead atoms. The lowest BCUT2D eigenvalue weighted by atomic mass is 10.1. The molecule has 1 aromatic rings. The van der Waals surface area contributed by atoms with E-state index in [4.69, 9.17) is 0 Å². The second-order valence-corrected chi connectivity index (χ2v) is 6.32. The van der Waals surface area contributed by atoms with Gasteiger partial charge in [0.2, 0.25) is 0 Å². The molecule has 0 atom stereocenters. The highest BCUT2D eigenvalue weighted by Crippen LogP contribution is 2.06. The van der Waals surface area contributed by atoms with Gasteiger partial charge >= 0.3 is 0 Å². The van der Waals surface area contributed by atoms with Gasteiger partial charge in [0.05, 0.1) is 6.54 Å². The molecular formula is C8H17N5O2S. The number of aromatic nitrogens is 3. The highest BCUT2D eigenvalue weighted by molar-refractivity contribution is 7.87. The van der Waals surface area contributed by atoms with Gasteiger partial charge in [0.1, 0.15) is 12.2 Å². The van der Waals surface area contributed by atoms with Gasteiger partial charge in [-0.2, -0.15) is 22.5 Å². The molecule has 0 radical (unpaired) electrons. The van der Waals surface area contributed by atoms with E-state index in [9.17, 15) is 8.42 Å². The van der Waals surface area contributed by atoms with Crippen LogP contribution in [0.4, 0.5) is 0 Å². The molecule has 1 rings (SSSR count). The van der Waals surface area contributed by atoms with Gasteiger partial charge in [-0.3, -0.25) is 5.10 Å². The zero-order valence-corrected chi connectivity index (χ0v) is 10.7. The average molecular weight is 247 g/mol. The van der Waals surface area contributed by atoms with Crippen LogP contribution in [-0.2, 0) is 16.8 Å². The van der Waals surface area contributed by atoms with Crippen LogP contribution in [0.2, 0.25) is 0 Å². The van der Waals surface area contributed by atoms with E-state index in [0.29, 0.717) is 5.82 Å². The lowest BCUT2D eigenvalue weighted by Crippen LogP contribution is -2.47. The van der Waals surface area contributed by atoms with Crippen LogP contribution in [-0.4, -0.2) is 40.5 Å². The minimum absolute atomic E-state index is 0.158. The Hall–Kier alpha value is -0.990. The van der Waals surface area contributed by atoms with Crippen LogP contribution in [0.1, 0.15) is 26.6 Å². The minimum atomic E-state index is -3.50. The first kappa shape index (κ1) is 13.1. The zero-order valence-electron chi connectivity index (χ0n) is 9.85. The molecule has 2 N–H and O–H groups in total. The third kappa shape index (κ3) is 3.87. The van der Waals surface area contributed by atoms with E-state index in [1.807, 2.05) is 0 Å². The fourth-order valence-electron chi connectivity index (χ4n) is 1.07. The van der Waals surface area contributed by atoms with E-state index in [0.717, 1.165) is 0 Å². The Bertz CT molecular complexity index is 420. The molecule has 0 aromatic carbocycles. The van der Waals surface area contributed by atoms with E-state index in [2.05, 4.69) is 19.9 Å². The molecule has 0 aliphatic rings. The van der Waals surface area contributed by atoms with Crippen LogP contribution >= 0.6 is 0 Å². The lowest BCUT2D eigenvalue weighted by molar-refractivity contribution is 0.415. The standard InChI is InChI=1S/C8H17N5O2S/c1-8(2,3)12-16(14,15)13(4)5-7-9-6-10-11-7/h6,12H,5H2,1-4H3,(H,9,10,11). The smallest absolute Gasteiger partial charge is 0.262 e. The largest absolute Gasteiger partial charge is 0.280 e. The molecular weight excluding hydrogens is 230 g/mol. The first-order valence-corrected chi connectivity index (χ1v) is 6.24. The summed E-state index contributed by atoms with van der Waals surface area (Å²) in [7, 11) is -2.02. The van der Waals surface area contributed by atoms with Crippen molar-refractivity contribution in [3.63, 3.8) is 0 Å². The number of hydrogen-bond acceptors (Lipinski definition) is 4. The summed E-state index contributed by atoms with van der Waals surface area (Å²) >= 11 is 0. The van der Waals surface area contributed by atoms with Crippen molar-refractivity contribution in [3.8, 4) is 0 Å². The molecule has 0 unspecified atom stereocenters. The number of nitrogens with zero attached hydrogens (tertiary/aromatic N) is 3. The Balaban J connectivity index is 2.70. The maximum atomic E-state index is 11.8. The van der Waals surface area contributed by atoms with Gasteiger partial charge in [-0.1, -0.05) is 0 Å². The van der Waals surface area contributed by atoms with E-state index in [1.54, 1.807) is 20.8 Å². The predicted molar refractivity (Wildman–Crippen MR) is 59.7 cm³/mol. The summed E-state index contributed by atoms with van der Waals surface area (Å²) in [6, 6.07) is 0. The maximum Gasteiger partial charge on any atom is 0.280 e. The second kappa shape index (κ2) is 4.48. The van der Waals surface area contributed by atoms with Crippen molar-refractivity contribution >= 4 is 10.2 Å². The van der Waals surface area contributed by atoms with Gasteiger partial charge < -0.3 is 0 Å². The van der Waals surface area contributed by atoms with Crippen molar-refractivity contribution in [2.24, 2.45) is 0 Å². The summed E-state index contributed by atoms with van der Waals surface area (Å²) in [5, 5.41) is 6.26. The Labute approximate surface area is 95.4 Å². The summed E-state index contributed by atoms with van der Waals surface area (Å²) in [4.78, 5) is 3.87. The summed E-state index contributed by atoms with van der Waals surface area (Å²) in [5.74, 6) is 0.502. The van der Waals surface area contributed by atoms with Crippen molar-refractivity contribution < 1.29 is 8.42 Å². The van der Waals surface area contributed by atoms with Crippen molar-refractivity contribution in [1.82, 2.24) is 24.2 Å². The fraction of sp³-hybridized carbons (Fsp3) is 0.750. The number of hydrogen-bond donors (Lipinski definition) is 2. The van der Waals surface area contributed by atoms with E-state index in [1.165, 1.54) is 17.7 Å². The summed E-state index contributed by atoms with van der Waals surface area (Å²) in [6.45, 7) is 5.51. The Kier molecular flexibility index (Phi) is 3.66. The second-order valence-electron chi connectivity index (χ2n) is 4.55. The average Bonchev–Trinajstić information content (AvgIpc) is 2.51. The molecule has 16 heavy (non-hydrogen) atoms. The summed E-state index contributed by atoms with van der Waals surface area (Å²) < 4.78 is 27.4. The van der Waals surface area contributed by atoms with Gasteiger partial charge in [0.25, 0.3) is 10.2 Å². The quantitative estimate of drug-likeness (QED) is 0.775. The Morgan fingerprint density at radius 3 is 2.56 bits per heavy atom. The van der Waals surface area contributed by atoms with Crippen molar-refractivity contribution in [1.29, 1.82) is 0 Å². The van der Waals surface area contributed by atoms with Gasteiger partial charge in [0, 0.05) is 12.6 Å². The molecule has 0 fully saturated rings. The highest BCUT2D eigenvalue weighted by atomic mass is 32.2. The van der Waals surface area contributed by atoms with Crippen LogP contribution in [0.3, 0.4) is 0 Å². The van der Waals surface area contributed by atoms with E-state index >= 15 is 0 Å². The van der Waals surface area contributed by atoms with Crippen molar-refractivity contribution in [2.75, 3.05) is 7.05 Å². The van der Waals surface area contributed by atoms with Gasteiger partial charge in [0.15, 0.2) is 0 Å². The molecule has 0 aliphatic heterocycles. The van der Waals surface area contributed by atoms with Gasteiger partial charge in [-0.25, -0.2) is 4.98 Å². The SMILES string of the molecule is CN(Cc1ncn[nH]1)S(=O)(=O)NC(C)(C)C. The van der Waals surface area contributed by atoms with Gasteiger partial charge in [-0.05, 0) is 20.8 Å². The van der Waals surface area contributed by atoms with E-state index in [-0.39, 0.29) is 6.54 Å². The van der Waals surface area contributed by atoms with Crippen LogP contribution in [0.15, 0.2) is 6.33 Å². The van der Waals surface area contributed by atoms with Crippen LogP contribution in [0.5, 0.6) is 0 Å². The molecule has 92 valence electrons. The number of nitrogens with one attached hydrogen (secondary N) is 2. The zero-order chi connectivity index (χ0) is 12.4. The normalized spacial score (nSPS) is 13.3. The third-order valence-corrected chi connectivity index (χ3v) is 3.50. The lowest BCUT2D eigenvalue weighted by Gasteiger charge is -2.24. The molecule has 7 nitrogen and oxygen atoms in total. The minimum Gasteiger partial charge on any atom is -0.262 e. The van der Waals surface area contributed by atoms with Crippen LogP contribution < -0.4 is 4.72 Å². The molecule has 0 aliphatic carbocycles. The Morgan fingerprint density at radius 1 is 1.50 bits per heavy atom. The number of rotatable bonds is 4. The van der Waals surface area contributed by atoms with Crippen molar-refractivity contribution in [3.05, 3.63) is 12.2 Å². The summed E-state index contributed by atoms with van der Waals surface area (Å²) in [6.07, 6.45) is 1.34. The predicted octanol–water partition coefficient (Wildman–Crippen LogP) is -0.131.